The first-order chi connectivity index (χ1) is 7.24. The fourth-order valence-corrected chi connectivity index (χ4v) is 1.60. The number of unbranched alkanes of at least 4 members (excludes halogenated alkanes) is 3. The number of carbonyl (C=O) groups is 1. The van der Waals surface area contributed by atoms with Crippen LogP contribution in [-0.4, -0.2) is 12.1 Å². The highest BCUT2D eigenvalue weighted by atomic mass is 16.5. The van der Waals surface area contributed by atoms with Gasteiger partial charge >= 0.3 is 5.97 Å². The lowest BCUT2D eigenvalue weighted by molar-refractivity contribution is -0.143. The summed E-state index contributed by atoms with van der Waals surface area (Å²) < 4.78 is 5.26. The molecule has 2 nitrogen and oxygen atoms in total. The van der Waals surface area contributed by atoms with E-state index in [1.165, 1.54) is 25.3 Å². The molecule has 0 aromatic carbocycles. The zero-order valence-corrected chi connectivity index (χ0v) is 10.1. The quantitative estimate of drug-likeness (QED) is 0.329. The van der Waals surface area contributed by atoms with Gasteiger partial charge in [-0.25, -0.2) is 4.79 Å². The molecule has 1 unspecified atom stereocenters. The summed E-state index contributed by atoms with van der Waals surface area (Å²) in [6.07, 6.45) is 9.26. The molecule has 0 aliphatic carbocycles. The fraction of sp³-hybridized carbons (Fsp3) is 0.769. The molecule has 88 valence electrons. The predicted octanol–water partition coefficient (Wildman–Crippen LogP) is 3.85. The third kappa shape index (κ3) is 8.22. The van der Waals surface area contributed by atoms with Crippen LogP contribution in [0, 0.1) is 0 Å². The number of hydrogen-bond donors (Lipinski definition) is 0. The van der Waals surface area contributed by atoms with Crippen molar-refractivity contribution in [3.05, 3.63) is 12.7 Å². The van der Waals surface area contributed by atoms with Crippen molar-refractivity contribution in [3.63, 3.8) is 0 Å². The molecule has 0 radical (unpaired) electrons. The molecule has 0 fully saturated rings. The van der Waals surface area contributed by atoms with Gasteiger partial charge in [-0.2, -0.15) is 0 Å². The summed E-state index contributed by atoms with van der Waals surface area (Å²) in [5.74, 6) is -0.288. The van der Waals surface area contributed by atoms with Crippen LogP contribution in [0.25, 0.3) is 0 Å². The molecule has 0 spiro atoms. The Balaban J connectivity index is 3.72. The van der Waals surface area contributed by atoms with Gasteiger partial charge in [0.1, 0.15) is 6.10 Å². The van der Waals surface area contributed by atoms with E-state index in [0.29, 0.717) is 0 Å². The molecule has 0 aromatic heterocycles. The van der Waals surface area contributed by atoms with E-state index in [4.69, 9.17) is 4.74 Å². The molecule has 2 heteroatoms. The van der Waals surface area contributed by atoms with Crippen molar-refractivity contribution >= 4 is 5.97 Å². The Hall–Kier alpha value is -0.790. The summed E-state index contributed by atoms with van der Waals surface area (Å²) in [6.45, 7) is 7.72. The van der Waals surface area contributed by atoms with Crippen LogP contribution >= 0.6 is 0 Å². The minimum atomic E-state index is -0.288. The van der Waals surface area contributed by atoms with E-state index in [1.54, 1.807) is 0 Å². The van der Waals surface area contributed by atoms with Gasteiger partial charge in [-0.15, -0.1) is 0 Å². The Morgan fingerprint density at radius 3 is 2.47 bits per heavy atom. The molecular formula is C13H24O2. The Bertz CT molecular complexity index is 175. The highest BCUT2D eigenvalue weighted by Gasteiger charge is 2.10. The fourth-order valence-electron chi connectivity index (χ4n) is 1.60. The van der Waals surface area contributed by atoms with E-state index in [1.807, 2.05) is 0 Å². The summed E-state index contributed by atoms with van der Waals surface area (Å²) in [5, 5.41) is 0. The molecule has 0 amide bonds. The van der Waals surface area contributed by atoms with Crippen molar-refractivity contribution in [1.29, 1.82) is 0 Å². The number of esters is 1. The SMILES string of the molecule is C=CC(=O)OC(CCC)CCCCCC. The molecule has 0 aliphatic heterocycles. The molecule has 0 heterocycles. The van der Waals surface area contributed by atoms with Crippen molar-refractivity contribution < 1.29 is 9.53 Å². The van der Waals surface area contributed by atoms with Crippen molar-refractivity contribution in [2.45, 2.75) is 64.9 Å². The molecule has 0 rings (SSSR count). The summed E-state index contributed by atoms with van der Waals surface area (Å²) in [5.41, 5.74) is 0. The van der Waals surface area contributed by atoms with E-state index >= 15 is 0 Å². The molecule has 15 heavy (non-hydrogen) atoms. The third-order valence-corrected chi connectivity index (χ3v) is 2.44. The van der Waals surface area contributed by atoms with Crippen LogP contribution in [0.3, 0.4) is 0 Å². The Morgan fingerprint density at radius 2 is 1.93 bits per heavy atom. The topological polar surface area (TPSA) is 26.3 Å². The normalized spacial score (nSPS) is 12.1. The van der Waals surface area contributed by atoms with Crippen LogP contribution in [-0.2, 0) is 9.53 Å². The number of rotatable bonds is 9. The van der Waals surface area contributed by atoms with Gasteiger partial charge in [0.15, 0.2) is 0 Å². The summed E-state index contributed by atoms with van der Waals surface area (Å²) in [4.78, 5) is 11.0. The Labute approximate surface area is 93.7 Å². The van der Waals surface area contributed by atoms with E-state index < -0.39 is 0 Å². The van der Waals surface area contributed by atoms with Crippen molar-refractivity contribution in [2.24, 2.45) is 0 Å². The minimum absolute atomic E-state index is 0.0948. The van der Waals surface area contributed by atoms with Gasteiger partial charge in [-0.3, -0.25) is 0 Å². The molecular weight excluding hydrogens is 188 g/mol. The molecule has 0 saturated carbocycles. The van der Waals surface area contributed by atoms with Gasteiger partial charge in [-0.05, 0) is 19.3 Å². The minimum Gasteiger partial charge on any atom is -0.459 e. The van der Waals surface area contributed by atoms with Crippen molar-refractivity contribution in [1.82, 2.24) is 0 Å². The molecule has 0 bridgehead atoms. The Kier molecular flexibility index (Phi) is 9.24. The molecule has 0 saturated heterocycles. The first-order valence-corrected chi connectivity index (χ1v) is 6.07. The molecule has 0 N–H and O–H groups in total. The highest BCUT2D eigenvalue weighted by molar-refractivity contribution is 5.81. The maximum Gasteiger partial charge on any atom is 0.330 e. The van der Waals surface area contributed by atoms with E-state index in [-0.39, 0.29) is 12.1 Å². The van der Waals surface area contributed by atoms with Crippen LogP contribution in [0.4, 0.5) is 0 Å². The molecule has 1 atom stereocenters. The first-order valence-electron chi connectivity index (χ1n) is 6.07. The monoisotopic (exact) mass is 212 g/mol. The van der Waals surface area contributed by atoms with Gasteiger partial charge < -0.3 is 4.74 Å². The number of carbonyl (C=O) groups excluding carboxylic acids is 1. The third-order valence-electron chi connectivity index (χ3n) is 2.44. The van der Waals surface area contributed by atoms with Gasteiger partial charge in [0, 0.05) is 6.08 Å². The van der Waals surface area contributed by atoms with Crippen LogP contribution in [0.2, 0.25) is 0 Å². The second kappa shape index (κ2) is 9.75. The molecule has 0 aromatic rings. The highest BCUT2D eigenvalue weighted by Crippen LogP contribution is 2.13. The first kappa shape index (κ1) is 14.2. The zero-order valence-electron chi connectivity index (χ0n) is 10.1. The maximum atomic E-state index is 11.0. The van der Waals surface area contributed by atoms with Gasteiger partial charge in [0.05, 0.1) is 0 Å². The maximum absolute atomic E-state index is 11.0. The van der Waals surface area contributed by atoms with Crippen molar-refractivity contribution in [3.8, 4) is 0 Å². The van der Waals surface area contributed by atoms with Crippen LogP contribution in [0.5, 0.6) is 0 Å². The van der Waals surface area contributed by atoms with Gasteiger partial charge in [0.2, 0.25) is 0 Å². The predicted molar refractivity (Wildman–Crippen MR) is 63.7 cm³/mol. The lowest BCUT2D eigenvalue weighted by atomic mass is 10.1. The van der Waals surface area contributed by atoms with E-state index in [9.17, 15) is 4.79 Å². The summed E-state index contributed by atoms with van der Waals surface area (Å²) in [6, 6.07) is 0. The lowest BCUT2D eigenvalue weighted by Crippen LogP contribution is -2.16. The lowest BCUT2D eigenvalue weighted by Gasteiger charge is -2.15. The summed E-state index contributed by atoms with van der Waals surface area (Å²) >= 11 is 0. The van der Waals surface area contributed by atoms with Gasteiger partial charge in [0.25, 0.3) is 0 Å². The van der Waals surface area contributed by atoms with E-state index in [0.717, 1.165) is 25.7 Å². The largest absolute Gasteiger partial charge is 0.459 e. The average Bonchev–Trinajstić information content (AvgIpc) is 2.24. The van der Waals surface area contributed by atoms with Gasteiger partial charge in [-0.1, -0.05) is 46.1 Å². The average molecular weight is 212 g/mol. The second-order valence-corrected chi connectivity index (χ2v) is 3.90. The number of ether oxygens (including phenoxy) is 1. The van der Waals surface area contributed by atoms with Crippen LogP contribution in [0.15, 0.2) is 12.7 Å². The van der Waals surface area contributed by atoms with Crippen LogP contribution < -0.4 is 0 Å². The zero-order chi connectivity index (χ0) is 11.5. The summed E-state index contributed by atoms with van der Waals surface area (Å²) in [7, 11) is 0. The second-order valence-electron chi connectivity index (χ2n) is 3.90. The van der Waals surface area contributed by atoms with Crippen LogP contribution in [0.1, 0.15) is 58.8 Å². The Morgan fingerprint density at radius 1 is 1.20 bits per heavy atom. The smallest absolute Gasteiger partial charge is 0.330 e. The molecule has 0 aliphatic rings. The number of hydrogen-bond acceptors (Lipinski definition) is 2. The standard InChI is InChI=1S/C13H24O2/c1-4-7-8-9-11-12(10-5-2)15-13(14)6-3/h6,12H,3-5,7-11H2,1-2H3. The van der Waals surface area contributed by atoms with E-state index in [2.05, 4.69) is 20.4 Å². The van der Waals surface area contributed by atoms with Crippen molar-refractivity contribution in [2.75, 3.05) is 0 Å².